The third-order valence-corrected chi connectivity index (χ3v) is 2.95. The highest BCUT2D eigenvalue weighted by Gasteiger charge is 2.34. The van der Waals surface area contributed by atoms with Crippen molar-refractivity contribution in [3.63, 3.8) is 0 Å². The van der Waals surface area contributed by atoms with Crippen LogP contribution in [0.3, 0.4) is 0 Å². The molecular weight excluding hydrogens is 260 g/mol. The Morgan fingerprint density at radius 2 is 2.15 bits per heavy atom. The van der Waals surface area contributed by atoms with Crippen LogP contribution in [0.5, 0.6) is 0 Å². The van der Waals surface area contributed by atoms with Gasteiger partial charge in [-0.15, -0.1) is 5.10 Å². The minimum atomic E-state index is -0.468. The minimum Gasteiger partial charge on any atom is -0.461 e. The van der Waals surface area contributed by atoms with E-state index in [1.165, 1.54) is 4.68 Å². The lowest BCUT2D eigenvalue weighted by Crippen LogP contribution is -2.33. The van der Waals surface area contributed by atoms with Gasteiger partial charge in [0.05, 0.1) is 12.3 Å². The average molecular weight is 280 g/mol. The molecule has 0 saturated heterocycles. The maximum absolute atomic E-state index is 11.8. The van der Waals surface area contributed by atoms with Crippen molar-refractivity contribution >= 4 is 11.9 Å². The molecule has 1 aromatic rings. The van der Waals surface area contributed by atoms with Crippen molar-refractivity contribution in [1.29, 1.82) is 0 Å². The van der Waals surface area contributed by atoms with E-state index in [-0.39, 0.29) is 30.1 Å². The predicted octanol–water partition coefficient (Wildman–Crippen LogP) is 0.857. The first-order valence-corrected chi connectivity index (χ1v) is 6.92. The number of carbonyl (C=O) groups excluding carboxylic acids is 2. The van der Waals surface area contributed by atoms with Gasteiger partial charge in [-0.2, -0.15) is 0 Å². The first-order chi connectivity index (χ1) is 9.52. The van der Waals surface area contributed by atoms with Gasteiger partial charge in [0.15, 0.2) is 5.69 Å². The maximum atomic E-state index is 11.8. The van der Waals surface area contributed by atoms with Crippen LogP contribution >= 0.6 is 0 Å². The Labute approximate surface area is 117 Å². The van der Waals surface area contributed by atoms with Crippen molar-refractivity contribution in [3.05, 3.63) is 11.4 Å². The van der Waals surface area contributed by atoms with E-state index in [9.17, 15) is 9.59 Å². The zero-order valence-corrected chi connectivity index (χ0v) is 12.0. The third-order valence-electron chi connectivity index (χ3n) is 2.95. The smallest absolute Gasteiger partial charge is 0.360 e. The van der Waals surface area contributed by atoms with Gasteiger partial charge in [-0.3, -0.25) is 4.79 Å². The van der Waals surface area contributed by atoms with E-state index in [2.05, 4.69) is 15.6 Å². The van der Waals surface area contributed by atoms with Gasteiger partial charge in [-0.1, -0.05) is 5.21 Å². The van der Waals surface area contributed by atoms with Gasteiger partial charge in [0, 0.05) is 12.0 Å². The number of hydrogen-bond acceptors (Lipinski definition) is 5. The second-order valence-electron chi connectivity index (χ2n) is 5.20. The molecule has 0 radical (unpaired) electrons. The van der Waals surface area contributed by atoms with Gasteiger partial charge in [-0.25, -0.2) is 9.48 Å². The van der Waals surface area contributed by atoms with Crippen LogP contribution in [0.1, 0.15) is 55.7 Å². The van der Waals surface area contributed by atoms with Crippen LogP contribution in [0, 0.1) is 0 Å². The quantitative estimate of drug-likeness (QED) is 0.781. The van der Waals surface area contributed by atoms with Crippen molar-refractivity contribution in [3.8, 4) is 0 Å². The summed E-state index contributed by atoms with van der Waals surface area (Å²) < 4.78 is 6.49. The van der Waals surface area contributed by atoms with Crippen molar-refractivity contribution in [2.24, 2.45) is 0 Å². The Morgan fingerprint density at radius 3 is 2.70 bits per heavy atom. The maximum Gasteiger partial charge on any atom is 0.360 e. The molecule has 0 aromatic carbocycles. The molecule has 110 valence electrons. The Morgan fingerprint density at radius 1 is 1.45 bits per heavy atom. The molecule has 0 spiro atoms. The van der Waals surface area contributed by atoms with Crippen LogP contribution in [0.15, 0.2) is 0 Å². The second kappa shape index (κ2) is 6.02. The van der Waals surface area contributed by atoms with Crippen LogP contribution in [-0.2, 0) is 16.1 Å². The summed E-state index contributed by atoms with van der Waals surface area (Å²) in [5, 5.41) is 10.6. The molecule has 1 amide bonds. The van der Waals surface area contributed by atoms with Gasteiger partial charge in [0.2, 0.25) is 5.91 Å². The zero-order chi connectivity index (χ0) is 14.7. The Kier molecular flexibility index (Phi) is 4.36. The summed E-state index contributed by atoms with van der Waals surface area (Å²) in [6.07, 6.45) is 1.98. The predicted molar refractivity (Wildman–Crippen MR) is 71.2 cm³/mol. The van der Waals surface area contributed by atoms with E-state index in [0.29, 0.717) is 6.61 Å². The first kappa shape index (κ1) is 14.5. The third kappa shape index (κ3) is 3.34. The van der Waals surface area contributed by atoms with Gasteiger partial charge < -0.3 is 10.1 Å². The number of hydrogen-bond donors (Lipinski definition) is 1. The van der Waals surface area contributed by atoms with Crippen LogP contribution in [0.4, 0.5) is 0 Å². The minimum absolute atomic E-state index is 0.0694. The fraction of sp³-hybridized carbons (Fsp3) is 0.692. The monoisotopic (exact) mass is 280 g/mol. The van der Waals surface area contributed by atoms with E-state index in [4.69, 9.17) is 4.74 Å². The summed E-state index contributed by atoms with van der Waals surface area (Å²) in [6.45, 7) is 5.91. The number of amides is 1. The standard InChI is InChI=1S/C13H20N4O3/c1-4-20-13(19)11-12(9-5-6-9)17(16-15-11)7-10(18)14-8(2)3/h8-9H,4-7H2,1-3H3,(H,14,18). The number of nitrogens with one attached hydrogen (secondary N) is 1. The summed E-state index contributed by atoms with van der Waals surface area (Å²) in [5.74, 6) is -0.344. The number of nitrogens with zero attached hydrogens (tertiary/aromatic N) is 3. The Hall–Kier alpha value is -1.92. The molecule has 0 bridgehead atoms. The highest BCUT2D eigenvalue weighted by Crippen LogP contribution is 2.41. The summed E-state index contributed by atoms with van der Waals surface area (Å²) in [7, 11) is 0. The molecule has 1 saturated carbocycles. The van der Waals surface area contributed by atoms with Crippen LogP contribution in [0.25, 0.3) is 0 Å². The summed E-state index contributed by atoms with van der Waals surface area (Å²) in [6, 6.07) is 0.0694. The van der Waals surface area contributed by atoms with E-state index < -0.39 is 5.97 Å². The molecule has 2 rings (SSSR count). The lowest BCUT2D eigenvalue weighted by Gasteiger charge is -2.10. The number of carbonyl (C=O) groups is 2. The molecular formula is C13H20N4O3. The molecule has 7 heteroatoms. The van der Waals surface area contributed by atoms with Gasteiger partial charge >= 0.3 is 5.97 Å². The molecule has 0 unspecified atom stereocenters. The van der Waals surface area contributed by atoms with E-state index in [1.54, 1.807) is 6.92 Å². The molecule has 0 aliphatic heterocycles. The van der Waals surface area contributed by atoms with Crippen LogP contribution in [0.2, 0.25) is 0 Å². The topological polar surface area (TPSA) is 86.1 Å². The van der Waals surface area contributed by atoms with E-state index in [1.807, 2.05) is 13.8 Å². The largest absolute Gasteiger partial charge is 0.461 e. The Bertz CT molecular complexity index is 506. The Balaban J connectivity index is 2.17. The van der Waals surface area contributed by atoms with Crippen molar-refractivity contribution < 1.29 is 14.3 Å². The first-order valence-electron chi connectivity index (χ1n) is 6.92. The molecule has 1 aromatic heterocycles. The summed E-state index contributed by atoms with van der Waals surface area (Å²) in [4.78, 5) is 23.6. The van der Waals surface area contributed by atoms with E-state index >= 15 is 0 Å². The zero-order valence-electron chi connectivity index (χ0n) is 12.0. The normalized spacial score (nSPS) is 14.4. The molecule has 1 aliphatic carbocycles. The van der Waals surface area contributed by atoms with Gasteiger partial charge in [-0.05, 0) is 33.6 Å². The van der Waals surface area contributed by atoms with Crippen LogP contribution in [-0.4, -0.2) is 39.5 Å². The SMILES string of the molecule is CCOC(=O)c1nnn(CC(=O)NC(C)C)c1C1CC1. The molecule has 1 N–H and O–H groups in total. The molecule has 1 heterocycles. The lowest BCUT2D eigenvalue weighted by molar-refractivity contribution is -0.122. The van der Waals surface area contributed by atoms with E-state index in [0.717, 1.165) is 18.5 Å². The van der Waals surface area contributed by atoms with Crippen molar-refractivity contribution in [2.45, 2.75) is 52.1 Å². The molecule has 1 aliphatic rings. The lowest BCUT2D eigenvalue weighted by atomic mass is 10.2. The molecule has 1 fully saturated rings. The number of ether oxygens (including phenoxy) is 1. The summed E-state index contributed by atoms with van der Waals surface area (Å²) >= 11 is 0. The van der Waals surface area contributed by atoms with Gasteiger partial charge in [0.1, 0.15) is 6.54 Å². The highest BCUT2D eigenvalue weighted by atomic mass is 16.5. The second-order valence-corrected chi connectivity index (χ2v) is 5.20. The fourth-order valence-electron chi connectivity index (χ4n) is 2.05. The van der Waals surface area contributed by atoms with Crippen LogP contribution < -0.4 is 5.32 Å². The number of aromatic nitrogens is 3. The van der Waals surface area contributed by atoms with Crippen molar-refractivity contribution in [1.82, 2.24) is 20.3 Å². The molecule has 7 nitrogen and oxygen atoms in total. The molecule has 0 atom stereocenters. The summed E-state index contributed by atoms with van der Waals surface area (Å²) in [5.41, 5.74) is 0.967. The van der Waals surface area contributed by atoms with Gasteiger partial charge in [0.25, 0.3) is 0 Å². The van der Waals surface area contributed by atoms with Crippen molar-refractivity contribution in [2.75, 3.05) is 6.61 Å². The molecule has 20 heavy (non-hydrogen) atoms. The number of rotatable bonds is 6. The highest BCUT2D eigenvalue weighted by molar-refractivity contribution is 5.89. The fourth-order valence-corrected chi connectivity index (χ4v) is 2.05. The number of esters is 1. The average Bonchev–Trinajstić information content (AvgIpc) is 3.10.